The zero-order valence-electron chi connectivity index (χ0n) is 9.69. The topological polar surface area (TPSA) is 38.9 Å². The van der Waals surface area contributed by atoms with E-state index in [-0.39, 0.29) is 0 Å². The van der Waals surface area contributed by atoms with Gasteiger partial charge in [-0.2, -0.15) is 0 Å². The quantitative estimate of drug-likeness (QED) is 0.938. The van der Waals surface area contributed by atoms with Gasteiger partial charge in [0.2, 0.25) is 0 Å². The third-order valence-corrected chi connectivity index (χ3v) is 4.21. The molecule has 2 rings (SSSR count). The number of rotatable bonds is 4. The first-order chi connectivity index (χ1) is 8.19. The molecule has 0 bridgehead atoms. The van der Waals surface area contributed by atoms with Crippen LogP contribution in [-0.2, 0) is 6.42 Å². The highest BCUT2D eigenvalue weighted by Crippen LogP contribution is 2.24. The molecule has 0 amide bonds. The molecular formula is C13H15BrN2S. The first kappa shape index (κ1) is 12.7. The van der Waals surface area contributed by atoms with Gasteiger partial charge >= 0.3 is 0 Å². The van der Waals surface area contributed by atoms with Crippen molar-refractivity contribution in [1.82, 2.24) is 4.98 Å². The third kappa shape index (κ3) is 3.37. The van der Waals surface area contributed by atoms with Crippen LogP contribution in [0.15, 0.2) is 34.9 Å². The lowest BCUT2D eigenvalue weighted by Gasteiger charge is -2.14. The van der Waals surface area contributed by atoms with Gasteiger partial charge in [0.1, 0.15) is 0 Å². The van der Waals surface area contributed by atoms with Crippen molar-refractivity contribution in [3.05, 3.63) is 50.4 Å². The minimum absolute atomic E-state index is 0.378. The molecule has 2 N–H and O–H groups in total. The monoisotopic (exact) mass is 310 g/mol. The van der Waals surface area contributed by atoms with Gasteiger partial charge in [-0.05, 0) is 37.6 Å². The molecule has 1 unspecified atom stereocenters. The molecule has 2 aromatic rings. The van der Waals surface area contributed by atoms with Gasteiger partial charge in [0.15, 0.2) is 0 Å². The Morgan fingerprint density at radius 3 is 2.59 bits per heavy atom. The number of aryl methyl sites for hydroxylation is 1. The maximum Gasteiger partial charge on any atom is 0.0896 e. The molecule has 0 aliphatic rings. The van der Waals surface area contributed by atoms with Gasteiger partial charge in [-0.25, -0.2) is 4.98 Å². The smallest absolute Gasteiger partial charge is 0.0896 e. The molecule has 2 nitrogen and oxygen atoms in total. The summed E-state index contributed by atoms with van der Waals surface area (Å²) in [4.78, 5) is 5.59. The van der Waals surface area contributed by atoms with Crippen LogP contribution in [0.2, 0.25) is 0 Å². The lowest BCUT2D eigenvalue weighted by molar-refractivity contribution is 0.700. The van der Waals surface area contributed by atoms with Crippen molar-refractivity contribution in [2.45, 2.75) is 19.3 Å². The van der Waals surface area contributed by atoms with Crippen molar-refractivity contribution < 1.29 is 0 Å². The highest BCUT2D eigenvalue weighted by Gasteiger charge is 2.12. The lowest BCUT2D eigenvalue weighted by Crippen LogP contribution is -2.14. The summed E-state index contributed by atoms with van der Waals surface area (Å²) in [6.45, 7) is 2.70. The molecule has 1 aromatic carbocycles. The normalized spacial score (nSPS) is 12.6. The van der Waals surface area contributed by atoms with Crippen LogP contribution in [0, 0.1) is 6.92 Å². The van der Waals surface area contributed by atoms with E-state index in [1.165, 1.54) is 10.4 Å². The fourth-order valence-corrected chi connectivity index (χ4v) is 2.95. The van der Waals surface area contributed by atoms with E-state index in [1.54, 1.807) is 11.3 Å². The van der Waals surface area contributed by atoms with E-state index in [9.17, 15) is 0 Å². The number of hydrogen-bond acceptors (Lipinski definition) is 3. The summed E-state index contributed by atoms with van der Waals surface area (Å²) in [7, 11) is 0. The maximum absolute atomic E-state index is 5.87. The Morgan fingerprint density at radius 2 is 2.06 bits per heavy atom. The molecule has 17 heavy (non-hydrogen) atoms. The molecule has 0 aliphatic carbocycles. The van der Waals surface area contributed by atoms with Crippen molar-refractivity contribution >= 4 is 27.3 Å². The van der Waals surface area contributed by atoms with Crippen LogP contribution in [0.4, 0.5) is 0 Å². The highest BCUT2D eigenvalue weighted by atomic mass is 79.9. The number of hydrogen-bond donors (Lipinski definition) is 1. The van der Waals surface area contributed by atoms with E-state index < -0.39 is 0 Å². The average molecular weight is 311 g/mol. The molecule has 0 fully saturated rings. The Balaban J connectivity index is 2.13. The van der Waals surface area contributed by atoms with Gasteiger partial charge in [-0.1, -0.05) is 28.1 Å². The minimum atomic E-state index is 0.378. The van der Waals surface area contributed by atoms with E-state index in [1.807, 2.05) is 13.1 Å². The van der Waals surface area contributed by atoms with Crippen LogP contribution in [0.3, 0.4) is 0 Å². The number of thiazole rings is 1. The first-order valence-corrected chi connectivity index (χ1v) is 7.17. The van der Waals surface area contributed by atoms with Crippen molar-refractivity contribution in [2.24, 2.45) is 5.73 Å². The molecular weight excluding hydrogens is 296 g/mol. The Kier molecular flexibility index (Phi) is 4.31. The fourth-order valence-electron chi connectivity index (χ4n) is 1.81. The highest BCUT2D eigenvalue weighted by molar-refractivity contribution is 9.10. The molecule has 0 saturated carbocycles. The standard InChI is InChI=1S/C13H15BrN2S/c1-9-16-8-13(17-9)6-11(7-15)10-2-4-12(14)5-3-10/h2-5,8,11H,6-7,15H2,1H3. The van der Waals surface area contributed by atoms with Crippen LogP contribution in [0.1, 0.15) is 21.4 Å². The number of benzene rings is 1. The largest absolute Gasteiger partial charge is 0.330 e. The van der Waals surface area contributed by atoms with E-state index in [0.717, 1.165) is 15.9 Å². The summed E-state index contributed by atoms with van der Waals surface area (Å²) in [5.74, 6) is 0.378. The number of aromatic nitrogens is 1. The molecule has 0 aliphatic heterocycles. The van der Waals surface area contributed by atoms with Crippen molar-refractivity contribution in [1.29, 1.82) is 0 Å². The van der Waals surface area contributed by atoms with Crippen LogP contribution in [0.5, 0.6) is 0 Å². The summed E-state index contributed by atoms with van der Waals surface area (Å²) in [6, 6.07) is 8.40. The number of nitrogens with two attached hydrogens (primary N) is 1. The Bertz CT molecular complexity index is 478. The van der Waals surface area contributed by atoms with Crippen LogP contribution < -0.4 is 5.73 Å². The maximum atomic E-state index is 5.87. The molecule has 1 atom stereocenters. The van der Waals surface area contributed by atoms with E-state index >= 15 is 0 Å². The van der Waals surface area contributed by atoms with Crippen molar-refractivity contribution in [3.63, 3.8) is 0 Å². The third-order valence-electron chi connectivity index (χ3n) is 2.74. The zero-order valence-corrected chi connectivity index (χ0v) is 12.1. The molecule has 1 heterocycles. The second kappa shape index (κ2) is 5.76. The van der Waals surface area contributed by atoms with Gasteiger partial charge in [0, 0.05) is 21.5 Å². The zero-order chi connectivity index (χ0) is 12.3. The molecule has 90 valence electrons. The SMILES string of the molecule is Cc1ncc(CC(CN)c2ccc(Br)cc2)s1. The van der Waals surface area contributed by atoms with Crippen LogP contribution >= 0.6 is 27.3 Å². The molecule has 4 heteroatoms. The molecule has 1 aromatic heterocycles. The lowest BCUT2D eigenvalue weighted by atomic mass is 9.95. The van der Waals surface area contributed by atoms with E-state index in [2.05, 4.69) is 45.2 Å². The average Bonchev–Trinajstić information content (AvgIpc) is 2.73. The van der Waals surface area contributed by atoms with Crippen LogP contribution in [0.25, 0.3) is 0 Å². The minimum Gasteiger partial charge on any atom is -0.330 e. The van der Waals surface area contributed by atoms with Gasteiger partial charge in [0.25, 0.3) is 0 Å². The van der Waals surface area contributed by atoms with Gasteiger partial charge < -0.3 is 5.73 Å². The summed E-state index contributed by atoms with van der Waals surface area (Å²) in [6.07, 6.45) is 2.94. The van der Waals surface area contributed by atoms with Gasteiger partial charge in [0.05, 0.1) is 5.01 Å². The Labute approximate surface area is 114 Å². The van der Waals surface area contributed by atoms with Crippen molar-refractivity contribution in [3.8, 4) is 0 Å². The van der Waals surface area contributed by atoms with Crippen molar-refractivity contribution in [2.75, 3.05) is 6.54 Å². The molecule has 0 radical (unpaired) electrons. The second-order valence-electron chi connectivity index (χ2n) is 4.03. The fraction of sp³-hybridized carbons (Fsp3) is 0.308. The summed E-state index contributed by atoms with van der Waals surface area (Å²) < 4.78 is 1.10. The summed E-state index contributed by atoms with van der Waals surface area (Å²) in [5.41, 5.74) is 7.16. The summed E-state index contributed by atoms with van der Waals surface area (Å²) >= 11 is 5.20. The number of halogens is 1. The predicted molar refractivity (Wildman–Crippen MR) is 76.5 cm³/mol. The first-order valence-electron chi connectivity index (χ1n) is 5.56. The molecule has 0 spiro atoms. The van der Waals surface area contributed by atoms with Gasteiger partial charge in [-0.15, -0.1) is 11.3 Å². The van der Waals surface area contributed by atoms with E-state index in [4.69, 9.17) is 5.73 Å². The Morgan fingerprint density at radius 1 is 1.35 bits per heavy atom. The predicted octanol–water partition coefficient (Wildman–Crippen LogP) is 3.50. The summed E-state index contributed by atoms with van der Waals surface area (Å²) in [5, 5.41) is 1.12. The number of nitrogens with zero attached hydrogens (tertiary/aromatic N) is 1. The van der Waals surface area contributed by atoms with Gasteiger partial charge in [-0.3, -0.25) is 0 Å². The van der Waals surface area contributed by atoms with Crippen LogP contribution in [-0.4, -0.2) is 11.5 Å². The Hall–Kier alpha value is -0.710. The molecule has 0 saturated heterocycles. The van der Waals surface area contributed by atoms with E-state index in [0.29, 0.717) is 12.5 Å². The second-order valence-corrected chi connectivity index (χ2v) is 6.27.